The van der Waals surface area contributed by atoms with Gasteiger partial charge in [0.05, 0.1) is 0 Å². The molecular weight excluding hydrogens is 222 g/mol. The Kier molecular flexibility index (Phi) is 3.16. The topological polar surface area (TPSA) is 35.2 Å². The van der Waals surface area contributed by atoms with Gasteiger partial charge in [0.25, 0.3) is 0 Å². The highest BCUT2D eigenvalue weighted by Crippen LogP contribution is 2.48. The number of hydrogen-bond acceptors (Lipinski definition) is 2. The van der Waals surface area contributed by atoms with Crippen molar-refractivity contribution in [3.8, 4) is 0 Å². The molecule has 2 heteroatoms. The molecular formula is C16H23NO. The summed E-state index contributed by atoms with van der Waals surface area (Å²) in [4.78, 5) is 0. The van der Waals surface area contributed by atoms with E-state index in [4.69, 9.17) is 10.5 Å². The van der Waals surface area contributed by atoms with Crippen LogP contribution >= 0.6 is 0 Å². The molecule has 0 bridgehead atoms. The summed E-state index contributed by atoms with van der Waals surface area (Å²) in [6.45, 7) is 4.86. The van der Waals surface area contributed by atoms with E-state index in [1.807, 2.05) is 0 Å². The van der Waals surface area contributed by atoms with E-state index in [0.717, 1.165) is 32.6 Å². The van der Waals surface area contributed by atoms with Gasteiger partial charge in [0.15, 0.2) is 0 Å². The number of fused-ring (bicyclic) bond motifs is 2. The van der Waals surface area contributed by atoms with E-state index in [0.29, 0.717) is 11.3 Å². The fourth-order valence-electron chi connectivity index (χ4n) is 4.20. The molecule has 0 amide bonds. The Hall–Kier alpha value is -0.860. The van der Waals surface area contributed by atoms with Gasteiger partial charge in [-0.3, -0.25) is 0 Å². The van der Waals surface area contributed by atoms with Crippen molar-refractivity contribution in [1.29, 1.82) is 0 Å². The lowest BCUT2D eigenvalue weighted by Gasteiger charge is -2.48. The molecule has 18 heavy (non-hydrogen) atoms. The number of hydrogen-bond donors (Lipinski definition) is 1. The minimum Gasteiger partial charge on any atom is -0.381 e. The largest absolute Gasteiger partial charge is 0.381 e. The highest BCUT2D eigenvalue weighted by molar-refractivity contribution is 5.44. The van der Waals surface area contributed by atoms with Crippen LogP contribution in [0.15, 0.2) is 18.2 Å². The van der Waals surface area contributed by atoms with E-state index in [-0.39, 0.29) is 0 Å². The lowest BCUT2D eigenvalue weighted by molar-refractivity contribution is 0.0212. The summed E-state index contributed by atoms with van der Waals surface area (Å²) in [6.07, 6.45) is 4.73. The van der Waals surface area contributed by atoms with Gasteiger partial charge in [-0.25, -0.2) is 0 Å². The van der Waals surface area contributed by atoms with Crippen LogP contribution in [0.25, 0.3) is 0 Å². The molecule has 1 aliphatic carbocycles. The van der Waals surface area contributed by atoms with Crippen LogP contribution in [0.4, 0.5) is 0 Å². The smallest absolute Gasteiger partial charge is 0.0474 e. The Morgan fingerprint density at radius 1 is 1.33 bits per heavy atom. The van der Waals surface area contributed by atoms with Crippen LogP contribution in [0.1, 0.15) is 36.0 Å². The molecule has 1 unspecified atom stereocenters. The van der Waals surface area contributed by atoms with Crippen molar-refractivity contribution in [3.05, 3.63) is 34.9 Å². The molecule has 1 saturated heterocycles. The van der Waals surface area contributed by atoms with Gasteiger partial charge in [0.2, 0.25) is 0 Å². The molecule has 1 aromatic carbocycles. The first kappa shape index (κ1) is 12.2. The van der Waals surface area contributed by atoms with Crippen LogP contribution in [-0.2, 0) is 16.6 Å². The Morgan fingerprint density at radius 2 is 2.11 bits per heavy atom. The van der Waals surface area contributed by atoms with Gasteiger partial charge in [-0.15, -0.1) is 0 Å². The average molecular weight is 245 g/mol. The van der Waals surface area contributed by atoms with Gasteiger partial charge in [0.1, 0.15) is 0 Å². The highest BCUT2D eigenvalue weighted by Gasteiger charge is 2.45. The zero-order valence-electron chi connectivity index (χ0n) is 11.2. The molecule has 0 saturated carbocycles. The van der Waals surface area contributed by atoms with Crippen molar-refractivity contribution < 1.29 is 4.74 Å². The van der Waals surface area contributed by atoms with E-state index in [1.165, 1.54) is 18.4 Å². The summed E-state index contributed by atoms with van der Waals surface area (Å²) in [5.41, 5.74) is 11.0. The lowest BCUT2D eigenvalue weighted by Crippen LogP contribution is -2.47. The minimum absolute atomic E-state index is 0.298. The van der Waals surface area contributed by atoms with Crippen LogP contribution in [0.3, 0.4) is 0 Å². The zero-order valence-corrected chi connectivity index (χ0v) is 11.2. The molecule has 2 aliphatic rings. The quantitative estimate of drug-likeness (QED) is 0.825. The van der Waals surface area contributed by atoms with Gasteiger partial charge in [-0.1, -0.05) is 18.2 Å². The van der Waals surface area contributed by atoms with Crippen LogP contribution in [0.2, 0.25) is 0 Å². The molecule has 3 rings (SSSR count). The van der Waals surface area contributed by atoms with Crippen molar-refractivity contribution >= 4 is 0 Å². The fraction of sp³-hybridized carbons (Fsp3) is 0.625. The first-order valence-electron chi connectivity index (χ1n) is 7.15. The number of nitrogens with two attached hydrogens (primary N) is 1. The minimum atomic E-state index is 0.298. The number of rotatable bonds is 1. The molecule has 2 nitrogen and oxygen atoms in total. The second-order valence-electron chi connectivity index (χ2n) is 5.85. The number of benzene rings is 1. The molecule has 1 atom stereocenters. The van der Waals surface area contributed by atoms with Crippen molar-refractivity contribution in [2.75, 3.05) is 19.8 Å². The first-order valence-corrected chi connectivity index (χ1v) is 7.15. The molecule has 98 valence electrons. The molecule has 1 aliphatic heterocycles. The summed E-state index contributed by atoms with van der Waals surface area (Å²) in [5, 5.41) is 0. The summed E-state index contributed by atoms with van der Waals surface area (Å²) in [6, 6.07) is 6.77. The third kappa shape index (κ3) is 1.70. The predicted octanol–water partition coefficient (Wildman–Crippen LogP) is 2.56. The van der Waals surface area contributed by atoms with Crippen molar-refractivity contribution in [2.24, 2.45) is 11.7 Å². The second kappa shape index (κ2) is 4.67. The van der Waals surface area contributed by atoms with E-state index < -0.39 is 0 Å². The van der Waals surface area contributed by atoms with Gasteiger partial charge in [0, 0.05) is 18.6 Å². The van der Waals surface area contributed by atoms with Crippen LogP contribution < -0.4 is 5.73 Å². The number of ether oxygens (including phenoxy) is 1. The first-order chi connectivity index (χ1) is 8.78. The maximum absolute atomic E-state index is 6.08. The lowest BCUT2D eigenvalue weighted by atomic mass is 9.58. The summed E-state index contributed by atoms with van der Waals surface area (Å²) >= 11 is 0. The molecule has 0 radical (unpaired) electrons. The second-order valence-corrected chi connectivity index (χ2v) is 5.85. The number of aryl methyl sites for hydroxylation is 2. The molecule has 1 spiro atoms. The Bertz CT molecular complexity index is 435. The van der Waals surface area contributed by atoms with Gasteiger partial charge < -0.3 is 10.5 Å². The Balaban J connectivity index is 2.13. The third-order valence-electron chi connectivity index (χ3n) is 5.07. The summed E-state index contributed by atoms with van der Waals surface area (Å²) < 4.78 is 5.60. The molecule has 0 aromatic heterocycles. The van der Waals surface area contributed by atoms with E-state index in [2.05, 4.69) is 25.1 Å². The third-order valence-corrected chi connectivity index (χ3v) is 5.07. The van der Waals surface area contributed by atoms with E-state index in [1.54, 1.807) is 11.1 Å². The van der Waals surface area contributed by atoms with E-state index in [9.17, 15) is 0 Å². The van der Waals surface area contributed by atoms with Crippen LogP contribution in [0.5, 0.6) is 0 Å². The van der Waals surface area contributed by atoms with Crippen molar-refractivity contribution in [3.63, 3.8) is 0 Å². The SMILES string of the molecule is Cc1cccc2c1C1(CCOCC1)C(CN)CC2. The normalized spacial score (nSPS) is 26.0. The van der Waals surface area contributed by atoms with Crippen LogP contribution in [-0.4, -0.2) is 19.8 Å². The zero-order chi connectivity index (χ0) is 12.6. The van der Waals surface area contributed by atoms with Crippen LogP contribution in [0, 0.1) is 12.8 Å². The highest BCUT2D eigenvalue weighted by atomic mass is 16.5. The Labute approximate surface area is 110 Å². The monoisotopic (exact) mass is 245 g/mol. The Morgan fingerprint density at radius 3 is 2.83 bits per heavy atom. The van der Waals surface area contributed by atoms with E-state index >= 15 is 0 Å². The van der Waals surface area contributed by atoms with Gasteiger partial charge in [-0.05, 0) is 61.8 Å². The standard InChI is InChI=1S/C16H23NO/c1-12-3-2-4-13-5-6-14(11-17)16(15(12)13)7-9-18-10-8-16/h2-4,14H,5-11,17H2,1H3. The molecule has 1 aromatic rings. The molecule has 2 N–H and O–H groups in total. The predicted molar refractivity (Wildman–Crippen MR) is 73.8 cm³/mol. The van der Waals surface area contributed by atoms with Crippen molar-refractivity contribution in [2.45, 2.75) is 38.0 Å². The molecule has 1 fully saturated rings. The van der Waals surface area contributed by atoms with Gasteiger partial charge >= 0.3 is 0 Å². The molecule has 1 heterocycles. The average Bonchev–Trinajstić information content (AvgIpc) is 2.40. The maximum Gasteiger partial charge on any atom is 0.0474 e. The summed E-state index contributed by atoms with van der Waals surface area (Å²) in [7, 11) is 0. The summed E-state index contributed by atoms with van der Waals surface area (Å²) in [5.74, 6) is 0.634. The van der Waals surface area contributed by atoms with Crippen molar-refractivity contribution in [1.82, 2.24) is 0 Å². The fourth-order valence-corrected chi connectivity index (χ4v) is 4.20. The van der Waals surface area contributed by atoms with Gasteiger partial charge in [-0.2, -0.15) is 0 Å². The maximum atomic E-state index is 6.08.